The van der Waals surface area contributed by atoms with Crippen LogP contribution in [0.4, 0.5) is 14.5 Å². The maximum atomic E-state index is 13.8. The Morgan fingerprint density at radius 1 is 1.16 bits per heavy atom. The van der Waals surface area contributed by atoms with Crippen LogP contribution >= 0.6 is 11.8 Å². The Balaban J connectivity index is 1.78. The molecule has 9 heteroatoms. The number of halogens is 2. The highest BCUT2D eigenvalue weighted by Crippen LogP contribution is 2.26. The number of nitrogens with zero attached hydrogens (tertiary/aromatic N) is 4. The first-order valence-electron chi connectivity index (χ1n) is 9.90. The Bertz CT molecular complexity index is 1030. The fourth-order valence-corrected chi connectivity index (χ4v) is 4.00. The van der Waals surface area contributed by atoms with E-state index in [0.29, 0.717) is 11.7 Å². The molecule has 1 atom stereocenters. The highest BCUT2D eigenvalue weighted by atomic mass is 32.2. The number of carbonyl (C=O) groups excluding carboxylic acids is 1. The summed E-state index contributed by atoms with van der Waals surface area (Å²) in [5.41, 5.74) is 1.04. The molecule has 0 saturated carbocycles. The van der Waals surface area contributed by atoms with Crippen LogP contribution in [0.1, 0.15) is 30.8 Å². The van der Waals surface area contributed by atoms with Crippen LogP contribution in [-0.4, -0.2) is 45.4 Å². The molecule has 2 aromatic carbocycles. The van der Waals surface area contributed by atoms with Gasteiger partial charge in [-0.25, -0.2) is 8.78 Å². The monoisotopic (exact) mass is 445 g/mol. The molecule has 0 aliphatic rings. The van der Waals surface area contributed by atoms with E-state index in [0.717, 1.165) is 29.9 Å². The number of carbonyl (C=O) groups is 1. The van der Waals surface area contributed by atoms with Gasteiger partial charge in [-0.05, 0) is 38.2 Å². The van der Waals surface area contributed by atoms with Gasteiger partial charge in [0.05, 0.1) is 24.0 Å². The summed E-state index contributed by atoms with van der Waals surface area (Å²) in [4.78, 5) is 14.4. The minimum atomic E-state index is -0.815. The summed E-state index contributed by atoms with van der Waals surface area (Å²) in [5, 5.41) is 11.8. The van der Waals surface area contributed by atoms with Crippen LogP contribution in [-0.2, 0) is 11.3 Å². The Kier molecular flexibility index (Phi) is 7.75. The first-order chi connectivity index (χ1) is 14.9. The Morgan fingerprint density at radius 2 is 1.90 bits per heavy atom. The van der Waals surface area contributed by atoms with Crippen LogP contribution in [0.3, 0.4) is 0 Å². The number of aromatic nitrogens is 3. The van der Waals surface area contributed by atoms with Crippen molar-refractivity contribution in [1.82, 2.24) is 19.7 Å². The topological polar surface area (TPSA) is 63.1 Å². The van der Waals surface area contributed by atoms with Gasteiger partial charge >= 0.3 is 0 Å². The minimum Gasteiger partial charge on any atom is -0.323 e. The molecule has 0 aliphatic heterocycles. The Hall–Kier alpha value is -2.78. The number of benzene rings is 2. The molecule has 0 fully saturated rings. The van der Waals surface area contributed by atoms with Gasteiger partial charge in [0.2, 0.25) is 5.91 Å². The van der Waals surface area contributed by atoms with Gasteiger partial charge in [0, 0.05) is 6.07 Å². The van der Waals surface area contributed by atoms with Gasteiger partial charge in [-0.3, -0.25) is 9.69 Å². The second kappa shape index (κ2) is 10.5. The van der Waals surface area contributed by atoms with Crippen molar-refractivity contribution < 1.29 is 13.6 Å². The zero-order valence-electron chi connectivity index (χ0n) is 17.7. The van der Waals surface area contributed by atoms with Gasteiger partial charge in [0.1, 0.15) is 11.6 Å². The summed E-state index contributed by atoms with van der Waals surface area (Å²) in [7, 11) is 3.99. The second-order valence-electron chi connectivity index (χ2n) is 7.26. The third-order valence-corrected chi connectivity index (χ3v) is 5.74. The van der Waals surface area contributed by atoms with Crippen molar-refractivity contribution in [1.29, 1.82) is 0 Å². The van der Waals surface area contributed by atoms with E-state index < -0.39 is 17.5 Å². The molecule has 0 spiro atoms. The van der Waals surface area contributed by atoms with E-state index >= 15 is 0 Å². The second-order valence-corrected chi connectivity index (χ2v) is 8.20. The van der Waals surface area contributed by atoms with E-state index in [1.807, 2.05) is 49.0 Å². The molecule has 1 unspecified atom stereocenters. The fourth-order valence-electron chi connectivity index (χ4n) is 3.25. The average molecular weight is 446 g/mol. The van der Waals surface area contributed by atoms with E-state index in [9.17, 15) is 13.6 Å². The molecule has 3 rings (SSSR count). The highest BCUT2D eigenvalue weighted by molar-refractivity contribution is 7.99. The normalized spacial score (nSPS) is 12.2. The van der Waals surface area contributed by atoms with Crippen molar-refractivity contribution in [2.24, 2.45) is 0 Å². The van der Waals surface area contributed by atoms with Crippen molar-refractivity contribution in [2.75, 3.05) is 25.2 Å². The van der Waals surface area contributed by atoms with Gasteiger partial charge in [0.25, 0.3) is 0 Å². The van der Waals surface area contributed by atoms with Gasteiger partial charge in [-0.2, -0.15) is 0 Å². The summed E-state index contributed by atoms with van der Waals surface area (Å²) < 4.78 is 28.9. The lowest BCUT2D eigenvalue weighted by molar-refractivity contribution is -0.113. The predicted molar refractivity (Wildman–Crippen MR) is 118 cm³/mol. The standard InChI is InChI=1S/C22H25F2N5OS/c1-4-19(28(2)3)21-26-27-22(29(21)13-15-8-6-5-7-9-15)31-14-20(30)25-18-11-10-16(23)12-17(18)24/h5-12,19H,4,13-14H2,1-3H3,(H,25,30). The number of nitrogens with one attached hydrogen (secondary N) is 1. The van der Waals surface area contributed by atoms with E-state index in [-0.39, 0.29) is 17.5 Å². The maximum Gasteiger partial charge on any atom is 0.234 e. The van der Waals surface area contributed by atoms with E-state index in [1.54, 1.807) is 0 Å². The lowest BCUT2D eigenvalue weighted by Gasteiger charge is -2.23. The molecule has 0 bridgehead atoms. The van der Waals surface area contributed by atoms with Crippen molar-refractivity contribution in [3.05, 3.63) is 71.6 Å². The molecule has 6 nitrogen and oxygen atoms in total. The summed E-state index contributed by atoms with van der Waals surface area (Å²) in [6.07, 6.45) is 0.856. The summed E-state index contributed by atoms with van der Waals surface area (Å²) in [6.45, 7) is 2.66. The maximum absolute atomic E-state index is 13.8. The van der Waals surface area contributed by atoms with Gasteiger partial charge in [0.15, 0.2) is 11.0 Å². The third-order valence-electron chi connectivity index (χ3n) is 4.77. The Morgan fingerprint density at radius 3 is 2.55 bits per heavy atom. The molecule has 0 saturated heterocycles. The van der Waals surface area contributed by atoms with Crippen LogP contribution in [0.15, 0.2) is 53.7 Å². The minimum absolute atomic E-state index is 0.0164. The molecular formula is C22H25F2N5OS. The number of thioether (sulfide) groups is 1. The smallest absolute Gasteiger partial charge is 0.234 e. The van der Waals surface area contributed by atoms with E-state index in [2.05, 4.69) is 27.3 Å². The third kappa shape index (κ3) is 5.89. The molecule has 31 heavy (non-hydrogen) atoms. The van der Waals surface area contributed by atoms with Crippen LogP contribution in [0, 0.1) is 11.6 Å². The van der Waals surface area contributed by atoms with Crippen molar-refractivity contribution in [3.8, 4) is 0 Å². The van der Waals surface area contributed by atoms with Gasteiger partial charge in [-0.15, -0.1) is 10.2 Å². The van der Waals surface area contributed by atoms with Gasteiger partial charge in [-0.1, -0.05) is 49.0 Å². The van der Waals surface area contributed by atoms with Crippen molar-refractivity contribution >= 4 is 23.4 Å². The first kappa shape index (κ1) is 22.9. The number of rotatable bonds is 9. The number of amides is 1. The largest absolute Gasteiger partial charge is 0.323 e. The zero-order valence-corrected chi connectivity index (χ0v) is 18.5. The number of anilines is 1. The molecule has 0 aliphatic carbocycles. The van der Waals surface area contributed by atoms with Crippen LogP contribution in [0.5, 0.6) is 0 Å². The quantitative estimate of drug-likeness (QED) is 0.496. The van der Waals surface area contributed by atoms with Crippen LogP contribution in [0.25, 0.3) is 0 Å². The summed E-state index contributed by atoms with van der Waals surface area (Å²) >= 11 is 1.23. The molecule has 164 valence electrons. The van der Waals surface area contributed by atoms with Crippen LogP contribution in [0.2, 0.25) is 0 Å². The first-order valence-corrected chi connectivity index (χ1v) is 10.9. The number of hydrogen-bond acceptors (Lipinski definition) is 5. The number of hydrogen-bond donors (Lipinski definition) is 1. The van der Waals surface area contributed by atoms with E-state index in [1.165, 1.54) is 17.8 Å². The van der Waals surface area contributed by atoms with E-state index in [4.69, 9.17) is 0 Å². The molecule has 1 heterocycles. The lowest BCUT2D eigenvalue weighted by atomic mass is 10.2. The van der Waals surface area contributed by atoms with Crippen molar-refractivity contribution in [3.63, 3.8) is 0 Å². The van der Waals surface area contributed by atoms with Crippen molar-refractivity contribution in [2.45, 2.75) is 31.1 Å². The lowest BCUT2D eigenvalue weighted by Crippen LogP contribution is -2.23. The molecule has 1 N–H and O–H groups in total. The van der Waals surface area contributed by atoms with Crippen LogP contribution < -0.4 is 5.32 Å². The molecule has 3 aromatic rings. The predicted octanol–water partition coefficient (Wildman–Crippen LogP) is 4.35. The SMILES string of the molecule is CCC(c1nnc(SCC(=O)Nc2ccc(F)cc2F)n1Cc1ccccc1)N(C)C. The Labute approximate surface area is 184 Å². The molecule has 1 aromatic heterocycles. The molecular weight excluding hydrogens is 420 g/mol. The zero-order chi connectivity index (χ0) is 22.4. The fraction of sp³-hybridized carbons (Fsp3) is 0.318. The molecule has 0 radical (unpaired) electrons. The average Bonchev–Trinajstić information content (AvgIpc) is 3.12. The molecule has 1 amide bonds. The van der Waals surface area contributed by atoms with Gasteiger partial charge < -0.3 is 9.88 Å². The summed E-state index contributed by atoms with van der Waals surface area (Å²) in [6, 6.07) is 13.1. The highest BCUT2D eigenvalue weighted by Gasteiger charge is 2.22. The summed E-state index contributed by atoms with van der Waals surface area (Å²) in [5.74, 6) is -1.08.